The number of aromatic nitrogens is 2. The van der Waals surface area contributed by atoms with Crippen molar-refractivity contribution < 1.29 is 0 Å². The van der Waals surface area contributed by atoms with Gasteiger partial charge in [0, 0.05) is 6.20 Å². The molecule has 0 amide bonds. The average Bonchev–Trinajstić information content (AvgIpc) is 2.08. The minimum atomic E-state index is 0.394. The van der Waals surface area contributed by atoms with E-state index in [2.05, 4.69) is 37.0 Å². The van der Waals surface area contributed by atoms with Crippen molar-refractivity contribution >= 4 is 12.7 Å². The van der Waals surface area contributed by atoms with Gasteiger partial charge in [-0.3, -0.25) is 4.98 Å². The van der Waals surface area contributed by atoms with E-state index >= 15 is 0 Å². The van der Waals surface area contributed by atoms with Gasteiger partial charge < -0.3 is 0 Å². The van der Waals surface area contributed by atoms with Crippen molar-refractivity contribution in [3.05, 3.63) is 35.2 Å². The molecule has 0 unspecified atom stereocenters. The molecule has 0 N–H and O–H groups in total. The summed E-state index contributed by atoms with van der Waals surface area (Å²) in [5.41, 5.74) is 0.978. The molecule has 0 atom stereocenters. The predicted octanol–water partition coefficient (Wildman–Crippen LogP) is 0.977. The highest BCUT2D eigenvalue weighted by atomic mass is 14.8. The topological polar surface area (TPSA) is 25.8 Å². The summed E-state index contributed by atoms with van der Waals surface area (Å²) >= 11 is 0. The lowest BCUT2D eigenvalue weighted by molar-refractivity contribution is 0.800. The van der Waals surface area contributed by atoms with Crippen LogP contribution in [0.1, 0.15) is 25.5 Å². The van der Waals surface area contributed by atoms with Gasteiger partial charge in [-0.05, 0) is 12.0 Å². The van der Waals surface area contributed by atoms with Crippen LogP contribution in [0.15, 0.2) is 18.9 Å². The molecular weight excluding hydrogens is 160 g/mol. The Balaban J connectivity index is 3.29. The third kappa shape index (κ3) is 2.25. The van der Waals surface area contributed by atoms with Crippen molar-refractivity contribution in [2.75, 3.05) is 0 Å². The van der Waals surface area contributed by atoms with Crippen molar-refractivity contribution in [2.24, 2.45) is 0 Å². The zero-order valence-electron chi connectivity index (χ0n) is 8.12. The van der Waals surface area contributed by atoms with Crippen LogP contribution in [0, 0.1) is 0 Å². The van der Waals surface area contributed by atoms with Gasteiger partial charge >= 0.3 is 0 Å². The Kier molecular flexibility index (Phi) is 2.96. The SMILES string of the molecule is C=C/C=c1/ncc(C(C)C)nc1=C. The van der Waals surface area contributed by atoms with Gasteiger partial charge in [0.05, 0.1) is 16.4 Å². The zero-order valence-corrected chi connectivity index (χ0v) is 8.12. The Bertz CT molecular complexity index is 405. The molecule has 1 aromatic rings. The lowest BCUT2D eigenvalue weighted by atomic mass is 10.1. The molecule has 0 bridgehead atoms. The van der Waals surface area contributed by atoms with Gasteiger partial charge in [-0.1, -0.05) is 33.1 Å². The molecule has 0 spiro atoms. The van der Waals surface area contributed by atoms with Crippen LogP contribution in [-0.2, 0) is 0 Å². The van der Waals surface area contributed by atoms with Crippen molar-refractivity contribution in [3.63, 3.8) is 0 Å². The van der Waals surface area contributed by atoms with E-state index in [1.165, 1.54) is 0 Å². The van der Waals surface area contributed by atoms with E-state index in [1.807, 2.05) is 0 Å². The second-order valence-corrected chi connectivity index (χ2v) is 3.18. The minimum Gasteiger partial charge on any atom is -0.253 e. The zero-order chi connectivity index (χ0) is 9.84. The van der Waals surface area contributed by atoms with Crippen LogP contribution in [0.4, 0.5) is 0 Å². The molecule has 2 heteroatoms. The van der Waals surface area contributed by atoms with Crippen LogP contribution in [-0.4, -0.2) is 9.97 Å². The first-order valence-electron chi connectivity index (χ1n) is 4.29. The summed E-state index contributed by atoms with van der Waals surface area (Å²) in [5.74, 6) is 0.394. The van der Waals surface area contributed by atoms with Gasteiger partial charge in [0.25, 0.3) is 0 Å². The fraction of sp³-hybridized carbons (Fsp3) is 0.273. The number of rotatable bonds is 2. The Morgan fingerprint density at radius 2 is 2.15 bits per heavy atom. The normalized spacial score (nSPS) is 12.1. The molecule has 0 aromatic carbocycles. The highest BCUT2D eigenvalue weighted by molar-refractivity contribution is 5.32. The van der Waals surface area contributed by atoms with E-state index in [9.17, 15) is 0 Å². The number of allylic oxidation sites excluding steroid dienone is 1. The number of hydrogen-bond donors (Lipinski definition) is 0. The van der Waals surface area contributed by atoms with E-state index in [0.717, 1.165) is 11.0 Å². The van der Waals surface area contributed by atoms with Crippen molar-refractivity contribution in [1.82, 2.24) is 9.97 Å². The van der Waals surface area contributed by atoms with Crippen LogP contribution in [0.2, 0.25) is 0 Å². The fourth-order valence-electron chi connectivity index (χ4n) is 0.981. The quantitative estimate of drug-likeness (QED) is 0.668. The molecule has 0 saturated carbocycles. The minimum absolute atomic E-state index is 0.394. The number of nitrogens with zero attached hydrogens (tertiary/aromatic N) is 2. The molecule has 1 aromatic heterocycles. The van der Waals surface area contributed by atoms with Gasteiger partial charge in [-0.2, -0.15) is 0 Å². The van der Waals surface area contributed by atoms with Crippen LogP contribution >= 0.6 is 0 Å². The van der Waals surface area contributed by atoms with E-state index in [0.29, 0.717) is 11.3 Å². The summed E-state index contributed by atoms with van der Waals surface area (Å²) in [6.07, 6.45) is 5.28. The molecule has 1 rings (SSSR count). The molecule has 68 valence electrons. The summed E-state index contributed by atoms with van der Waals surface area (Å²) in [7, 11) is 0. The molecule has 0 fully saturated rings. The summed E-state index contributed by atoms with van der Waals surface area (Å²) in [4.78, 5) is 8.58. The number of hydrogen-bond acceptors (Lipinski definition) is 2. The molecule has 0 saturated heterocycles. The van der Waals surface area contributed by atoms with Gasteiger partial charge in [0.15, 0.2) is 0 Å². The first kappa shape index (κ1) is 9.65. The van der Waals surface area contributed by atoms with E-state index in [4.69, 9.17) is 0 Å². The molecule has 1 heterocycles. The summed E-state index contributed by atoms with van der Waals surface area (Å²) in [6.45, 7) is 11.6. The summed E-state index contributed by atoms with van der Waals surface area (Å²) in [5, 5.41) is 1.51. The van der Waals surface area contributed by atoms with Crippen molar-refractivity contribution in [3.8, 4) is 0 Å². The van der Waals surface area contributed by atoms with E-state index in [-0.39, 0.29) is 0 Å². The largest absolute Gasteiger partial charge is 0.253 e. The maximum absolute atomic E-state index is 4.34. The monoisotopic (exact) mass is 174 g/mol. The third-order valence-electron chi connectivity index (χ3n) is 1.76. The maximum atomic E-state index is 4.34. The smallest absolute Gasteiger partial charge is 0.0880 e. The van der Waals surface area contributed by atoms with Crippen LogP contribution in [0.5, 0.6) is 0 Å². The highest BCUT2D eigenvalue weighted by Crippen LogP contribution is 2.05. The van der Waals surface area contributed by atoms with Gasteiger partial charge in [-0.15, -0.1) is 0 Å². The molecule has 0 aliphatic rings. The summed E-state index contributed by atoms with van der Waals surface area (Å²) < 4.78 is 0. The third-order valence-corrected chi connectivity index (χ3v) is 1.76. The van der Waals surface area contributed by atoms with Gasteiger partial charge in [0.2, 0.25) is 0 Å². The summed E-state index contributed by atoms with van der Waals surface area (Å²) in [6, 6.07) is 0. The Morgan fingerprint density at radius 1 is 1.46 bits per heavy atom. The first-order valence-corrected chi connectivity index (χ1v) is 4.29. The second-order valence-electron chi connectivity index (χ2n) is 3.18. The lowest BCUT2D eigenvalue weighted by Gasteiger charge is -2.01. The molecular formula is C11H14N2. The average molecular weight is 174 g/mol. The Labute approximate surface area is 78.4 Å². The van der Waals surface area contributed by atoms with E-state index in [1.54, 1.807) is 18.3 Å². The van der Waals surface area contributed by atoms with E-state index < -0.39 is 0 Å². The second kappa shape index (κ2) is 3.99. The van der Waals surface area contributed by atoms with Gasteiger partial charge in [0.1, 0.15) is 0 Å². The van der Waals surface area contributed by atoms with Crippen LogP contribution in [0.3, 0.4) is 0 Å². The fourth-order valence-corrected chi connectivity index (χ4v) is 0.981. The highest BCUT2D eigenvalue weighted by Gasteiger charge is 1.99. The maximum Gasteiger partial charge on any atom is 0.0880 e. The molecule has 0 aliphatic carbocycles. The molecule has 13 heavy (non-hydrogen) atoms. The van der Waals surface area contributed by atoms with Crippen LogP contribution < -0.4 is 10.7 Å². The van der Waals surface area contributed by atoms with Crippen molar-refractivity contribution in [1.29, 1.82) is 0 Å². The predicted molar refractivity (Wildman–Crippen MR) is 55.6 cm³/mol. The lowest BCUT2D eigenvalue weighted by Crippen LogP contribution is -2.30. The molecule has 0 radical (unpaired) electrons. The van der Waals surface area contributed by atoms with Gasteiger partial charge in [-0.25, -0.2) is 4.98 Å². The van der Waals surface area contributed by atoms with Crippen LogP contribution in [0.25, 0.3) is 12.7 Å². The first-order chi connectivity index (χ1) is 6.15. The Morgan fingerprint density at radius 3 is 2.62 bits per heavy atom. The Hall–Kier alpha value is -1.44. The standard InChI is InChI=1S/C11H14N2/c1-5-6-10-9(4)13-11(7-12-10)8(2)3/h5-8H,1,4H2,2-3H3/b10-6+. The molecule has 0 aliphatic heterocycles. The van der Waals surface area contributed by atoms with Crippen molar-refractivity contribution in [2.45, 2.75) is 19.8 Å². The molecule has 2 nitrogen and oxygen atoms in total.